The first-order chi connectivity index (χ1) is 12.9. The molecule has 0 radical (unpaired) electrons. The maximum Gasteiger partial charge on any atom is 0.406 e. The second kappa shape index (κ2) is 9.61. The molecule has 0 aromatic carbocycles. The molecule has 0 spiro atoms. The minimum atomic E-state index is -4.28. The Labute approximate surface area is 179 Å². The van der Waals surface area contributed by atoms with Crippen molar-refractivity contribution >= 4 is 29.9 Å². The number of nitrogens with zero attached hydrogens (tertiary/aromatic N) is 6. The van der Waals surface area contributed by atoms with Crippen LogP contribution in [0.1, 0.15) is 25.2 Å². The lowest BCUT2D eigenvalue weighted by Crippen LogP contribution is -2.48. The Hall–Kier alpha value is -1.79. The molecule has 1 N–H and O–H groups in total. The van der Waals surface area contributed by atoms with Crippen LogP contribution >= 0.6 is 24.0 Å². The van der Waals surface area contributed by atoms with E-state index in [1.165, 1.54) is 12.4 Å². The predicted octanol–water partition coefficient (Wildman–Crippen LogP) is 2.92. The highest BCUT2D eigenvalue weighted by Gasteiger charge is 2.30. The summed E-state index contributed by atoms with van der Waals surface area (Å²) in [6, 6.07) is 0.270. The molecule has 28 heavy (non-hydrogen) atoms. The second-order valence-electron chi connectivity index (χ2n) is 6.78. The number of alkyl halides is 3. The molecule has 2 aromatic rings. The fourth-order valence-electron chi connectivity index (χ4n) is 3.43. The first kappa shape index (κ1) is 22.5. The quantitative estimate of drug-likeness (QED) is 0.390. The van der Waals surface area contributed by atoms with Gasteiger partial charge in [0.25, 0.3) is 0 Å². The van der Waals surface area contributed by atoms with Crippen molar-refractivity contribution in [2.24, 2.45) is 10.9 Å². The molecule has 0 bridgehead atoms. The van der Waals surface area contributed by atoms with Gasteiger partial charge in [0.15, 0.2) is 5.96 Å². The number of hydrogen-bond acceptors (Lipinski definition) is 3. The van der Waals surface area contributed by atoms with Crippen molar-refractivity contribution < 1.29 is 13.2 Å². The van der Waals surface area contributed by atoms with Gasteiger partial charge in [-0.05, 0) is 12.3 Å². The highest BCUT2D eigenvalue weighted by molar-refractivity contribution is 14.0. The molecule has 3 heterocycles. The van der Waals surface area contributed by atoms with Gasteiger partial charge in [0.1, 0.15) is 12.4 Å². The van der Waals surface area contributed by atoms with Crippen molar-refractivity contribution in [3.63, 3.8) is 0 Å². The summed E-state index contributed by atoms with van der Waals surface area (Å²) in [5.41, 5.74) is 0. The van der Waals surface area contributed by atoms with Gasteiger partial charge in [-0.15, -0.1) is 24.0 Å². The molecule has 2 aromatic heterocycles. The van der Waals surface area contributed by atoms with Gasteiger partial charge in [-0.1, -0.05) is 6.92 Å². The monoisotopic (exact) mass is 511 g/mol. The van der Waals surface area contributed by atoms with Crippen molar-refractivity contribution in [2.75, 3.05) is 20.1 Å². The van der Waals surface area contributed by atoms with Gasteiger partial charge in [-0.2, -0.15) is 13.2 Å². The number of nitrogens with one attached hydrogen (secondary N) is 1. The Morgan fingerprint density at radius 1 is 1.32 bits per heavy atom. The predicted molar refractivity (Wildman–Crippen MR) is 111 cm³/mol. The highest BCUT2D eigenvalue weighted by Crippen LogP contribution is 2.27. The van der Waals surface area contributed by atoms with Crippen LogP contribution in [0.4, 0.5) is 13.2 Å². The lowest BCUT2D eigenvalue weighted by molar-refractivity contribution is -0.141. The number of likely N-dealkylation sites (tertiary alicyclic amines) is 1. The Morgan fingerprint density at radius 2 is 2.11 bits per heavy atom. The van der Waals surface area contributed by atoms with E-state index in [4.69, 9.17) is 0 Å². The first-order valence-corrected chi connectivity index (χ1v) is 8.87. The number of imidazole rings is 2. The zero-order valence-corrected chi connectivity index (χ0v) is 18.1. The molecule has 1 fully saturated rings. The third-order valence-corrected chi connectivity index (χ3v) is 4.89. The normalized spacial score (nSPS) is 20.8. The minimum absolute atomic E-state index is 0. The van der Waals surface area contributed by atoms with Crippen molar-refractivity contribution in [3.8, 4) is 0 Å². The summed E-state index contributed by atoms with van der Waals surface area (Å²) in [5.74, 6) is 1.48. The summed E-state index contributed by atoms with van der Waals surface area (Å²) in [7, 11) is 1.68. The van der Waals surface area contributed by atoms with E-state index in [1.54, 1.807) is 13.2 Å². The Morgan fingerprint density at radius 3 is 2.75 bits per heavy atom. The first-order valence-electron chi connectivity index (χ1n) is 8.87. The van der Waals surface area contributed by atoms with E-state index in [-0.39, 0.29) is 36.6 Å². The Balaban J connectivity index is 0.00000280. The molecular formula is C17H25F3IN7. The lowest BCUT2D eigenvalue weighted by atomic mass is 9.93. The van der Waals surface area contributed by atoms with Crippen LogP contribution in [-0.2, 0) is 13.1 Å². The molecular weight excluding hydrogens is 486 g/mol. The standard InChI is InChI=1S/C17H24F3N7.HI/c1-13-3-6-25(10-14(13)27-7-4-22-12-27)16(21-2)24-9-15-23-5-8-26(15)11-17(18,19)20;/h4-5,7-8,12-14H,3,6,9-11H2,1-2H3,(H,21,24);1H. The molecule has 0 amide bonds. The fraction of sp³-hybridized carbons (Fsp3) is 0.588. The smallest absolute Gasteiger partial charge is 0.349 e. The van der Waals surface area contributed by atoms with Gasteiger partial charge in [-0.3, -0.25) is 4.99 Å². The van der Waals surface area contributed by atoms with E-state index in [2.05, 4.69) is 36.7 Å². The number of piperidine rings is 1. The summed E-state index contributed by atoms with van der Waals surface area (Å²) >= 11 is 0. The van der Waals surface area contributed by atoms with Crippen LogP contribution in [0.25, 0.3) is 0 Å². The number of hydrogen-bond donors (Lipinski definition) is 1. The molecule has 1 aliphatic heterocycles. The lowest BCUT2D eigenvalue weighted by Gasteiger charge is -2.39. The molecule has 0 saturated carbocycles. The molecule has 1 aliphatic rings. The van der Waals surface area contributed by atoms with Gasteiger partial charge in [0.2, 0.25) is 0 Å². The van der Waals surface area contributed by atoms with E-state index in [9.17, 15) is 13.2 Å². The average molecular weight is 511 g/mol. The average Bonchev–Trinajstić information content (AvgIpc) is 3.27. The third-order valence-electron chi connectivity index (χ3n) is 4.89. The maximum atomic E-state index is 12.7. The van der Waals surface area contributed by atoms with Crippen LogP contribution in [0, 0.1) is 5.92 Å². The van der Waals surface area contributed by atoms with E-state index in [1.807, 2.05) is 12.5 Å². The highest BCUT2D eigenvalue weighted by atomic mass is 127. The van der Waals surface area contributed by atoms with Gasteiger partial charge >= 0.3 is 6.18 Å². The van der Waals surface area contributed by atoms with Crippen molar-refractivity contribution in [3.05, 3.63) is 36.9 Å². The topological polar surface area (TPSA) is 63.3 Å². The van der Waals surface area contributed by atoms with Crippen LogP contribution in [0.3, 0.4) is 0 Å². The number of rotatable bonds is 4. The Bertz CT molecular complexity index is 757. The summed E-state index contributed by atoms with van der Waals surface area (Å²) in [6.07, 6.45) is 4.96. The fourth-order valence-corrected chi connectivity index (χ4v) is 3.43. The summed E-state index contributed by atoms with van der Waals surface area (Å²) in [4.78, 5) is 14.6. The summed E-state index contributed by atoms with van der Waals surface area (Å²) in [6.45, 7) is 2.94. The van der Waals surface area contributed by atoms with Crippen molar-refractivity contribution in [2.45, 2.75) is 38.7 Å². The third kappa shape index (κ3) is 5.61. The molecule has 3 rings (SSSR count). The van der Waals surface area contributed by atoms with Gasteiger partial charge in [0, 0.05) is 44.9 Å². The molecule has 7 nitrogen and oxygen atoms in total. The van der Waals surface area contributed by atoms with E-state index in [0.717, 1.165) is 24.1 Å². The summed E-state index contributed by atoms with van der Waals surface area (Å²) in [5, 5.41) is 3.15. The van der Waals surface area contributed by atoms with Gasteiger partial charge in [-0.25, -0.2) is 9.97 Å². The van der Waals surface area contributed by atoms with E-state index in [0.29, 0.717) is 17.7 Å². The SMILES string of the molecule is CN=C(NCc1nccn1CC(F)(F)F)N1CCC(C)C(n2ccnc2)C1.I. The van der Waals surface area contributed by atoms with E-state index >= 15 is 0 Å². The number of aliphatic imine (C=N–C) groups is 1. The number of aromatic nitrogens is 4. The molecule has 2 unspecified atom stereocenters. The van der Waals surface area contributed by atoms with Crippen LogP contribution in [-0.4, -0.2) is 56.3 Å². The zero-order chi connectivity index (χ0) is 19.4. The van der Waals surface area contributed by atoms with Crippen LogP contribution in [0.5, 0.6) is 0 Å². The van der Waals surface area contributed by atoms with Crippen molar-refractivity contribution in [1.82, 2.24) is 29.3 Å². The number of halogens is 4. The molecule has 0 aliphatic carbocycles. The van der Waals surface area contributed by atoms with Crippen LogP contribution in [0.2, 0.25) is 0 Å². The number of guanidine groups is 1. The second-order valence-corrected chi connectivity index (χ2v) is 6.78. The molecule has 2 atom stereocenters. The molecule has 11 heteroatoms. The summed E-state index contributed by atoms with van der Waals surface area (Å²) < 4.78 is 41.2. The maximum absolute atomic E-state index is 12.7. The largest absolute Gasteiger partial charge is 0.406 e. The van der Waals surface area contributed by atoms with E-state index < -0.39 is 12.7 Å². The Kier molecular flexibility index (Phi) is 7.72. The molecule has 156 valence electrons. The van der Waals surface area contributed by atoms with Gasteiger partial charge < -0.3 is 19.4 Å². The van der Waals surface area contributed by atoms with Gasteiger partial charge in [0.05, 0.1) is 18.9 Å². The zero-order valence-electron chi connectivity index (χ0n) is 15.8. The van der Waals surface area contributed by atoms with Crippen LogP contribution < -0.4 is 5.32 Å². The van der Waals surface area contributed by atoms with Crippen LogP contribution in [0.15, 0.2) is 36.1 Å². The molecule has 1 saturated heterocycles. The van der Waals surface area contributed by atoms with Crippen molar-refractivity contribution in [1.29, 1.82) is 0 Å². The minimum Gasteiger partial charge on any atom is -0.349 e.